The van der Waals surface area contributed by atoms with E-state index in [0.717, 1.165) is 36.6 Å². The fourth-order valence-electron chi connectivity index (χ4n) is 3.37. The summed E-state index contributed by atoms with van der Waals surface area (Å²) >= 11 is 0. The summed E-state index contributed by atoms with van der Waals surface area (Å²) in [6, 6.07) is -0.561. The molecule has 1 fully saturated rings. The number of halogens is 3. The van der Waals surface area contributed by atoms with Gasteiger partial charge in [0.2, 0.25) is 5.91 Å². The minimum Gasteiger partial charge on any atom is -0.308 e. The van der Waals surface area contributed by atoms with Gasteiger partial charge in [0.05, 0.1) is 24.4 Å². The number of amides is 1. The zero-order valence-corrected chi connectivity index (χ0v) is 15.2. The Hall–Kier alpha value is -2.78. The third-order valence-corrected chi connectivity index (χ3v) is 4.83. The first-order valence-electron chi connectivity index (χ1n) is 8.99. The first-order chi connectivity index (χ1) is 13.2. The van der Waals surface area contributed by atoms with Crippen LogP contribution in [0.15, 0.2) is 29.6 Å². The van der Waals surface area contributed by atoms with Crippen LogP contribution < -0.4 is 10.9 Å². The van der Waals surface area contributed by atoms with Crippen LogP contribution in [0.5, 0.6) is 0 Å². The van der Waals surface area contributed by atoms with Gasteiger partial charge in [0.1, 0.15) is 6.04 Å². The lowest BCUT2D eigenvalue weighted by Gasteiger charge is -2.22. The van der Waals surface area contributed by atoms with Crippen LogP contribution in [0.25, 0.3) is 0 Å². The zero-order valence-electron chi connectivity index (χ0n) is 15.2. The normalized spacial score (nSPS) is 16.1. The van der Waals surface area contributed by atoms with Crippen molar-refractivity contribution in [2.75, 3.05) is 5.32 Å². The molecule has 0 unspecified atom stereocenters. The van der Waals surface area contributed by atoms with E-state index in [1.54, 1.807) is 6.92 Å². The van der Waals surface area contributed by atoms with Gasteiger partial charge >= 0.3 is 6.18 Å². The molecule has 0 saturated heterocycles. The number of nitrogens with zero attached hydrogens (tertiary/aromatic N) is 4. The number of carbonyl (C=O) groups excluding carboxylic acids is 1. The molecule has 0 aliphatic heterocycles. The van der Waals surface area contributed by atoms with Crippen molar-refractivity contribution in [3.05, 3.63) is 46.5 Å². The molecule has 3 rings (SSSR count). The van der Waals surface area contributed by atoms with E-state index in [1.165, 1.54) is 12.4 Å². The Morgan fingerprint density at radius 1 is 1.25 bits per heavy atom. The molecule has 2 aromatic rings. The fourth-order valence-corrected chi connectivity index (χ4v) is 3.37. The summed E-state index contributed by atoms with van der Waals surface area (Å²) in [5, 5.41) is 2.59. The van der Waals surface area contributed by atoms with Crippen molar-refractivity contribution in [2.45, 2.75) is 51.2 Å². The average Bonchev–Trinajstić information content (AvgIpc) is 3.14. The molecule has 1 N–H and O–H groups in total. The van der Waals surface area contributed by atoms with Crippen molar-refractivity contribution in [2.24, 2.45) is 5.92 Å². The van der Waals surface area contributed by atoms with E-state index in [-0.39, 0.29) is 11.7 Å². The number of aryl methyl sites for hydroxylation is 1. The summed E-state index contributed by atoms with van der Waals surface area (Å²) in [7, 11) is 0. The Balaban J connectivity index is 1.89. The highest BCUT2D eigenvalue weighted by Gasteiger charge is 2.34. The molecule has 0 spiro atoms. The van der Waals surface area contributed by atoms with E-state index in [9.17, 15) is 22.8 Å². The highest BCUT2D eigenvalue weighted by Crippen LogP contribution is 2.32. The van der Waals surface area contributed by atoms with Crippen LogP contribution in [-0.2, 0) is 11.0 Å². The number of alkyl halides is 3. The van der Waals surface area contributed by atoms with E-state index in [1.807, 2.05) is 0 Å². The Morgan fingerprint density at radius 2 is 1.96 bits per heavy atom. The number of anilines is 1. The molecule has 1 aliphatic rings. The van der Waals surface area contributed by atoms with Gasteiger partial charge in [-0.3, -0.25) is 19.1 Å². The maximum atomic E-state index is 12.8. The fraction of sp³-hybridized carbons (Fsp3) is 0.500. The molecular formula is C18H20F3N5O2. The van der Waals surface area contributed by atoms with Crippen molar-refractivity contribution in [1.82, 2.24) is 19.5 Å². The van der Waals surface area contributed by atoms with E-state index < -0.39 is 29.4 Å². The Morgan fingerprint density at radius 3 is 2.54 bits per heavy atom. The van der Waals surface area contributed by atoms with Crippen LogP contribution in [-0.4, -0.2) is 25.4 Å². The Labute approximate surface area is 159 Å². The van der Waals surface area contributed by atoms with E-state index in [0.29, 0.717) is 18.2 Å². The summed E-state index contributed by atoms with van der Waals surface area (Å²) in [5.74, 6) is -0.109. The molecule has 10 heteroatoms. The van der Waals surface area contributed by atoms with Crippen LogP contribution in [0.3, 0.4) is 0 Å². The number of hydrogen-bond acceptors (Lipinski definition) is 5. The first-order valence-corrected chi connectivity index (χ1v) is 8.99. The molecule has 28 heavy (non-hydrogen) atoms. The minimum absolute atomic E-state index is 0.208. The van der Waals surface area contributed by atoms with E-state index in [2.05, 4.69) is 20.3 Å². The lowest BCUT2D eigenvalue weighted by Crippen LogP contribution is -2.35. The lowest BCUT2D eigenvalue weighted by molar-refractivity contribution is -0.141. The molecule has 0 radical (unpaired) electrons. The van der Waals surface area contributed by atoms with Gasteiger partial charge in [-0.2, -0.15) is 13.2 Å². The third-order valence-electron chi connectivity index (χ3n) is 4.83. The third kappa shape index (κ3) is 4.73. The summed E-state index contributed by atoms with van der Waals surface area (Å²) in [6.45, 7) is 1.74. The van der Waals surface area contributed by atoms with Crippen molar-refractivity contribution < 1.29 is 18.0 Å². The van der Waals surface area contributed by atoms with Gasteiger partial charge in [-0.15, -0.1) is 0 Å². The maximum Gasteiger partial charge on any atom is 0.433 e. The van der Waals surface area contributed by atoms with Gasteiger partial charge in [0.25, 0.3) is 5.56 Å². The van der Waals surface area contributed by atoms with Crippen LogP contribution in [0, 0.1) is 12.8 Å². The predicted octanol–water partition coefficient (Wildman–Crippen LogP) is 3.12. The maximum absolute atomic E-state index is 12.8. The highest BCUT2D eigenvalue weighted by molar-refractivity contribution is 5.92. The van der Waals surface area contributed by atoms with Gasteiger partial charge in [0, 0.05) is 6.07 Å². The molecule has 1 amide bonds. The quantitative estimate of drug-likeness (QED) is 0.840. The van der Waals surface area contributed by atoms with Crippen molar-refractivity contribution >= 4 is 11.7 Å². The largest absolute Gasteiger partial charge is 0.433 e. The van der Waals surface area contributed by atoms with Gasteiger partial charge in [-0.1, -0.05) is 25.7 Å². The molecule has 150 valence electrons. The monoisotopic (exact) mass is 395 g/mol. The molecule has 0 aromatic carbocycles. The van der Waals surface area contributed by atoms with Crippen LogP contribution in [0.4, 0.5) is 19.0 Å². The smallest absolute Gasteiger partial charge is 0.308 e. The number of aromatic nitrogens is 4. The molecular weight excluding hydrogens is 375 g/mol. The second kappa shape index (κ2) is 8.07. The SMILES string of the molecule is Cc1cnc(NC(=O)[C@H](CC2CCCC2)n2cnc(C(F)(F)F)cc2=O)cn1. The number of carbonyl (C=O) groups is 1. The number of nitrogens with one attached hydrogen (secondary N) is 1. The second-order valence-corrected chi connectivity index (χ2v) is 6.95. The number of hydrogen-bond donors (Lipinski definition) is 1. The summed E-state index contributed by atoms with van der Waals surface area (Å²) in [6.07, 6.45) is 3.17. The van der Waals surface area contributed by atoms with Crippen LogP contribution in [0.1, 0.15) is 49.5 Å². The van der Waals surface area contributed by atoms with Crippen LogP contribution >= 0.6 is 0 Å². The lowest BCUT2D eigenvalue weighted by atomic mass is 9.97. The summed E-state index contributed by atoms with van der Waals surface area (Å²) < 4.78 is 39.4. The summed E-state index contributed by atoms with van der Waals surface area (Å²) in [4.78, 5) is 36.6. The average molecular weight is 395 g/mol. The van der Waals surface area contributed by atoms with Gasteiger partial charge in [-0.25, -0.2) is 9.97 Å². The first kappa shape index (κ1) is 20.0. The van der Waals surface area contributed by atoms with Gasteiger partial charge in [-0.05, 0) is 19.3 Å². The van der Waals surface area contributed by atoms with Gasteiger partial charge in [0.15, 0.2) is 11.5 Å². The van der Waals surface area contributed by atoms with Gasteiger partial charge < -0.3 is 5.32 Å². The Kier molecular flexibility index (Phi) is 5.76. The zero-order chi connectivity index (χ0) is 20.3. The molecule has 1 saturated carbocycles. The highest BCUT2D eigenvalue weighted by atomic mass is 19.4. The number of rotatable bonds is 5. The van der Waals surface area contributed by atoms with Crippen molar-refractivity contribution in [3.63, 3.8) is 0 Å². The standard InChI is InChI=1S/C18H20F3N5O2/c1-11-8-23-15(9-22-11)25-17(28)13(6-12-4-2-3-5-12)26-10-24-14(7-16(26)27)18(19,20)21/h7-10,12-13H,2-6H2,1H3,(H,23,25,28)/t13-/m0/s1. The summed E-state index contributed by atoms with van der Waals surface area (Å²) in [5.41, 5.74) is -1.53. The molecule has 1 aliphatic carbocycles. The predicted molar refractivity (Wildman–Crippen MR) is 94.5 cm³/mol. The minimum atomic E-state index is -4.72. The van der Waals surface area contributed by atoms with Crippen molar-refractivity contribution in [3.8, 4) is 0 Å². The second-order valence-electron chi connectivity index (χ2n) is 6.95. The van der Waals surface area contributed by atoms with E-state index in [4.69, 9.17) is 0 Å². The van der Waals surface area contributed by atoms with Crippen molar-refractivity contribution in [1.29, 1.82) is 0 Å². The molecule has 2 heterocycles. The molecule has 7 nitrogen and oxygen atoms in total. The van der Waals surface area contributed by atoms with Crippen LogP contribution in [0.2, 0.25) is 0 Å². The topological polar surface area (TPSA) is 89.8 Å². The Bertz CT molecular complexity index is 889. The molecule has 1 atom stereocenters. The molecule has 0 bridgehead atoms. The van der Waals surface area contributed by atoms with E-state index >= 15 is 0 Å². The molecule has 2 aromatic heterocycles.